The van der Waals surface area contributed by atoms with Crippen LogP contribution in [0.4, 0.5) is 0 Å². The number of halogens is 1. The van der Waals surface area contributed by atoms with Crippen molar-refractivity contribution >= 4 is 24.2 Å². The molecule has 3 atom stereocenters. The molecule has 1 fully saturated rings. The maximum Gasteiger partial charge on any atom is 0.225 e. The summed E-state index contributed by atoms with van der Waals surface area (Å²) in [5.41, 5.74) is 7.16. The molecular weight excluding hydrogens is 390 g/mol. The number of nitrogens with zero attached hydrogens (tertiary/aromatic N) is 1. The number of likely N-dealkylation sites (tertiary alicyclic amines) is 1. The van der Waals surface area contributed by atoms with Gasteiger partial charge >= 0.3 is 0 Å². The Bertz CT molecular complexity index is 788. The first-order valence-corrected chi connectivity index (χ1v) is 9.61. The Kier molecular flexibility index (Phi) is 8.49. The third kappa shape index (κ3) is 6.21. The van der Waals surface area contributed by atoms with Gasteiger partial charge < -0.3 is 20.7 Å². The highest BCUT2D eigenvalue weighted by Gasteiger charge is 2.32. The summed E-state index contributed by atoms with van der Waals surface area (Å²) in [7, 11) is 0. The molecule has 1 heterocycles. The molecule has 0 saturated carbocycles. The molecule has 3 rings (SSSR count). The number of carbonyl (C=O) groups is 2. The van der Waals surface area contributed by atoms with Gasteiger partial charge in [0.25, 0.3) is 0 Å². The molecule has 6 nitrogen and oxygen atoms in total. The molecule has 29 heavy (non-hydrogen) atoms. The van der Waals surface area contributed by atoms with Crippen LogP contribution in [-0.4, -0.2) is 42.5 Å². The number of rotatable bonds is 8. The molecule has 1 saturated heterocycles. The second-order valence-corrected chi connectivity index (χ2v) is 7.14. The minimum Gasteiger partial charge on any atom is -0.492 e. The first-order chi connectivity index (χ1) is 13.5. The average molecular weight is 418 g/mol. The Morgan fingerprint density at radius 2 is 1.79 bits per heavy atom. The van der Waals surface area contributed by atoms with E-state index in [-0.39, 0.29) is 42.2 Å². The lowest BCUT2D eigenvalue weighted by molar-refractivity contribution is -0.128. The van der Waals surface area contributed by atoms with Gasteiger partial charge in [0, 0.05) is 19.0 Å². The summed E-state index contributed by atoms with van der Waals surface area (Å²) >= 11 is 0. The van der Waals surface area contributed by atoms with Crippen molar-refractivity contribution in [1.82, 2.24) is 10.2 Å². The van der Waals surface area contributed by atoms with E-state index in [1.807, 2.05) is 67.6 Å². The third-order valence-electron chi connectivity index (χ3n) is 5.07. The fraction of sp³-hybridized carbons (Fsp3) is 0.364. The lowest BCUT2D eigenvalue weighted by Gasteiger charge is -2.22. The van der Waals surface area contributed by atoms with Gasteiger partial charge in [0.15, 0.2) is 0 Å². The molecule has 2 amide bonds. The third-order valence-corrected chi connectivity index (χ3v) is 5.07. The maximum atomic E-state index is 12.6. The zero-order valence-corrected chi connectivity index (χ0v) is 17.3. The van der Waals surface area contributed by atoms with E-state index in [1.165, 1.54) is 0 Å². The fourth-order valence-electron chi connectivity index (χ4n) is 3.34. The van der Waals surface area contributed by atoms with E-state index < -0.39 is 0 Å². The fourth-order valence-corrected chi connectivity index (χ4v) is 3.34. The van der Waals surface area contributed by atoms with Crippen molar-refractivity contribution in [2.24, 2.45) is 11.7 Å². The number of nitrogens with two attached hydrogens (primary N) is 1. The van der Waals surface area contributed by atoms with E-state index in [4.69, 9.17) is 10.5 Å². The van der Waals surface area contributed by atoms with E-state index in [2.05, 4.69) is 5.32 Å². The summed E-state index contributed by atoms with van der Waals surface area (Å²) in [6.07, 6.45) is 0.310. The summed E-state index contributed by atoms with van der Waals surface area (Å²) in [4.78, 5) is 26.5. The number of carbonyl (C=O) groups excluding carboxylic acids is 2. The van der Waals surface area contributed by atoms with Gasteiger partial charge in [0.1, 0.15) is 12.4 Å². The van der Waals surface area contributed by atoms with Crippen molar-refractivity contribution in [2.75, 3.05) is 19.7 Å². The molecule has 0 aliphatic carbocycles. The van der Waals surface area contributed by atoms with Crippen LogP contribution in [0.25, 0.3) is 0 Å². The van der Waals surface area contributed by atoms with Crippen LogP contribution in [0.15, 0.2) is 60.7 Å². The number of hydrogen-bond donors (Lipinski definition) is 2. The summed E-state index contributed by atoms with van der Waals surface area (Å²) in [5.74, 6) is 0.300. The summed E-state index contributed by atoms with van der Waals surface area (Å²) < 4.78 is 5.65. The zero-order valence-electron chi connectivity index (χ0n) is 16.5. The Hall–Kier alpha value is -2.57. The quantitative estimate of drug-likeness (QED) is 0.691. The predicted molar refractivity (Wildman–Crippen MR) is 115 cm³/mol. The van der Waals surface area contributed by atoms with Crippen LogP contribution in [-0.2, 0) is 9.59 Å². The number of nitrogens with one attached hydrogen (secondary N) is 1. The monoisotopic (exact) mass is 417 g/mol. The van der Waals surface area contributed by atoms with Gasteiger partial charge in [-0.2, -0.15) is 0 Å². The first kappa shape index (κ1) is 22.7. The lowest BCUT2D eigenvalue weighted by atomic mass is 9.94. The summed E-state index contributed by atoms with van der Waals surface area (Å²) in [6.45, 7) is 3.23. The number of para-hydroxylation sites is 1. The molecule has 7 heteroatoms. The molecule has 0 aromatic heterocycles. The zero-order chi connectivity index (χ0) is 19.9. The van der Waals surface area contributed by atoms with Crippen LogP contribution in [0, 0.1) is 5.92 Å². The van der Waals surface area contributed by atoms with Crippen LogP contribution in [0.2, 0.25) is 0 Å². The van der Waals surface area contributed by atoms with Crippen LogP contribution >= 0.6 is 12.4 Å². The second-order valence-electron chi connectivity index (χ2n) is 7.14. The lowest BCUT2D eigenvalue weighted by Crippen LogP contribution is -2.42. The summed E-state index contributed by atoms with van der Waals surface area (Å²) in [5, 5.41) is 2.98. The molecule has 2 aromatic rings. The first-order valence-electron chi connectivity index (χ1n) is 9.61. The van der Waals surface area contributed by atoms with Gasteiger partial charge in [0.2, 0.25) is 11.8 Å². The Morgan fingerprint density at radius 3 is 2.45 bits per heavy atom. The number of amides is 2. The van der Waals surface area contributed by atoms with Gasteiger partial charge in [-0.25, -0.2) is 0 Å². The topological polar surface area (TPSA) is 84.7 Å². The average Bonchev–Trinajstić information content (AvgIpc) is 3.07. The summed E-state index contributed by atoms with van der Waals surface area (Å²) in [6, 6.07) is 18.5. The molecule has 0 bridgehead atoms. The number of benzene rings is 2. The molecule has 1 aliphatic rings. The SMILES string of the molecule is CC(C(=O)NC1CC(=O)N(CCOc2ccccc2)C1)C(N)c1ccccc1.Cl. The van der Waals surface area contributed by atoms with Crippen molar-refractivity contribution in [3.63, 3.8) is 0 Å². The van der Waals surface area contributed by atoms with Crippen molar-refractivity contribution < 1.29 is 14.3 Å². The second kappa shape index (κ2) is 10.8. The number of ether oxygens (including phenoxy) is 1. The van der Waals surface area contributed by atoms with Gasteiger partial charge in [0.05, 0.1) is 18.5 Å². The molecule has 1 aliphatic heterocycles. The van der Waals surface area contributed by atoms with Crippen LogP contribution in [0.5, 0.6) is 5.75 Å². The van der Waals surface area contributed by atoms with Gasteiger partial charge in [-0.15, -0.1) is 12.4 Å². The minimum absolute atomic E-state index is 0. The smallest absolute Gasteiger partial charge is 0.225 e. The highest BCUT2D eigenvalue weighted by molar-refractivity contribution is 5.85. The molecular formula is C22H28ClN3O3. The van der Waals surface area contributed by atoms with E-state index in [9.17, 15) is 9.59 Å². The van der Waals surface area contributed by atoms with Crippen LogP contribution in [0.3, 0.4) is 0 Å². The van der Waals surface area contributed by atoms with Crippen LogP contribution in [0.1, 0.15) is 24.9 Å². The van der Waals surface area contributed by atoms with Crippen molar-refractivity contribution in [1.29, 1.82) is 0 Å². The molecule has 2 aromatic carbocycles. The Labute approximate surface area is 177 Å². The van der Waals surface area contributed by atoms with Crippen molar-refractivity contribution in [3.05, 3.63) is 66.2 Å². The minimum atomic E-state index is -0.382. The highest BCUT2D eigenvalue weighted by atomic mass is 35.5. The van der Waals surface area contributed by atoms with E-state index in [0.717, 1.165) is 11.3 Å². The van der Waals surface area contributed by atoms with Gasteiger partial charge in [-0.05, 0) is 17.7 Å². The predicted octanol–water partition coefficient (Wildman–Crippen LogP) is 2.54. The van der Waals surface area contributed by atoms with Crippen molar-refractivity contribution in [3.8, 4) is 5.75 Å². The largest absolute Gasteiger partial charge is 0.492 e. The molecule has 3 N–H and O–H groups in total. The highest BCUT2D eigenvalue weighted by Crippen LogP contribution is 2.20. The number of hydrogen-bond acceptors (Lipinski definition) is 4. The van der Waals surface area contributed by atoms with E-state index >= 15 is 0 Å². The Morgan fingerprint density at radius 1 is 1.17 bits per heavy atom. The van der Waals surface area contributed by atoms with Gasteiger partial charge in [-0.3, -0.25) is 9.59 Å². The van der Waals surface area contributed by atoms with Gasteiger partial charge in [-0.1, -0.05) is 55.5 Å². The standard InChI is InChI=1S/C22H27N3O3.ClH/c1-16(21(23)17-8-4-2-5-9-17)22(27)24-18-14-20(26)25(15-18)12-13-28-19-10-6-3-7-11-19;/h2-11,16,18,21H,12-15,23H2,1H3,(H,24,27);1H. The molecule has 3 unspecified atom stereocenters. The molecule has 0 spiro atoms. The molecule has 156 valence electrons. The molecule has 0 radical (unpaired) electrons. The maximum absolute atomic E-state index is 12.6. The Balaban J connectivity index is 0.00000300. The van der Waals surface area contributed by atoms with E-state index in [0.29, 0.717) is 26.1 Å². The van der Waals surface area contributed by atoms with Crippen LogP contribution < -0.4 is 15.8 Å². The van der Waals surface area contributed by atoms with E-state index in [1.54, 1.807) is 4.90 Å². The van der Waals surface area contributed by atoms with Crippen molar-refractivity contribution in [2.45, 2.75) is 25.4 Å². The normalized spacial score (nSPS) is 17.9.